The molecule has 5 nitrogen and oxygen atoms in total. The molecule has 102 valence electrons. The molecule has 3 rings (SSSR count). The Labute approximate surface area is 123 Å². The van der Waals surface area contributed by atoms with Gasteiger partial charge in [-0.15, -0.1) is 11.3 Å². The van der Waals surface area contributed by atoms with E-state index in [1.807, 2.05) is 6.92 Å². The predicted octanol–water partition coefficient (Wildman–Crippen LogP) is 3.19. The van der Waals surface area contributed by atoms with Gasteiger partial charge in [0.25, 0.3) is 10.7 Å². The van der Waals surface area contributed by atoms with Crippen LogP contribution in [0.4, 0.5) is 0 Å². The van der Waals surface area contributed by atoms with Gasteiger partial charge < -0.3 is 14.7 Å². The first-order chi connectivity index (χ1) is 9.63. The van der Waals surface area contributed by atoms with Crippen molar-refractivity contribution in [2.75, 3.05) is 0 Å². The van der Waals surface area contributed by atoms with Gasteiger partial charge in [-0.3, -0.25) is 4.79 Å². The lowest BCUT2D eigenvalue weighted by Gasteiger charge is -2.04. The molecule has 0 radical (unpaired) electrons. The number of nitrogens with zero attached hydrogens (tertiary/aromatic N) is 1. The molecule has 0 spiro atoms. The number of nitrogens with one attached hydrogen (secondary N) is 2. The molecule has 20 heavy (non-hydrogen) atoms. The molecule has 0 aliphatic carbocycles. The molecule has 0 saturated carbocycles. The van der Waals surface area contributed by atoms with E-state index in [0.29, 0.717) is 22.5 Å². The molecular weight excluding hydrogens is 294 g/mol. The maximum Gasteiger partial charge on any atom is 0.266 e. The third kappa shape index (κ3) is 2.50. The Morgan fingerprint density at radius 2 is 2.40 bits per heavy atom. The van der Waals surface area contributed by atoms with Gasteiger partial charge in [0.05, 0.1) is 23.3 Å². The van der Waals surface area contributed by atoms with E-state index in [1.54, 1.807) is 23.7 Å². The number of oxazole rings is 1. The molecule has 0 saturated heterocycles. The first-order valence-corrected chi connectivity index (χ1v) is 7.22. The van der Waals surface area contributed by atoms with Crippen LogP contribution in [0.5, 0.6) is 0 Å². The molecule has 0 unspecified atom stereocenters. The number of amides is 1. The van der Waals surface area contributed by atoms with Crippen molar-refractivity contribution in [1.29, 1.82) is 0 Å². The second kappa shape index (κ2) is 5.18. The summed E-state index contributed by atoms with van der Waals surface area (Å²) in [6.07, 6.45) is 0. The van der Waals surface area contributed by atoms with E-state index in [0.717, 1.165) is 16.1 Å². The zero-order valence-corrected chi connectivity index (χ0v) is 12.2. The molecule has 0 aliphatic rings. The molecule has 7 heteroatoms. The fourth-order valence-electron chi connectivity index (χ4n) is 1.85. The standard InChI is InChI=1S/C13H11N3O2S2/c1-7-11(20-6-15-7)5-14-12(17)8-2-3-9-10(4-8)18-13(19)16-9/h2-4,6H,5H2,1H3,(H,14,17)(H,16,19). The lowest BCUT2D eigenvalue weighted by atomic mass is 10.2. The highest BCUT2D eigenvalue weighted by Gasteiger charge is 2.09. The van der Waals surface area contributed by atoms with Crippen LogP contribution in [-0.2, 0) is 6.54 Å². The molecule has 0 bridgehead atoms. The van der Waals surface area contributed by atoms with E-state index in [1.165, 1.54) is 11.3 Å². The van der Waals surface area contributed by atoms with Crippen LogP contribution in [0.3, 0.4) is 0 Å². The summed E-state index contributed by atoms with van der Waals surface area (Å²) in [6, 6.07) is 5.19. The molecule has 0 fully saturated rings. The molecule has 1 aromatic carbocycles. The highest BCUT2D eigenvalue weighted by atomic mass is 32.1. The van der Waals surface area contributed by atoms with Crippen LogP contribution in [0.15, 0.2) is 28.1 Å². The molecule has 2 aromatic heterocycles. The zero-order valence-electron chi connectivity index (χ0n) is 10.6. The first-order valence-electron chi connectivity index (χ1n) is 5.93. The normalized spacial score (nSPS) is 10.8. The molecule has 2 N–H and O–H groups in total. The van der Waals surface area contributed by atoms with E-state index in [-0.39, 0.29) is 5.91 Å². The van der Waals surface area contributed by atoms with Crippen molar-refractivity contribution in [1.82, 2.24) is 15.3 Å². The van der Waals surface area contributed by atoms with Crippen molar-refractivity contribution < 1.29 is 9.21 Å². The summed E-state index contributed by atoms with van der Waals surface area (Å²) in [4.78, 5) is 20.5. The lowest BCUT2D eigenvalue weighted by molar-refractivity contribution is 0.0951. The summed E-state index contributed by atoms with van der Waals surface area (Å²) < 4.78 is 5.30. The fraction of sp³-hybridized carbons (Fsp3) is 0.154. The van der Waals surface area contributed by atoms with Crippen LogP contribution in [0.2, 0.25) is 0 Å². The number of aryl methyl sites for hydroxylation is 1. The van der Waals surface area contributed by atoms with Gasteiger partial charge >= 0.3 is 0 Å². The number of aromatic nitrogens is 2. The van der Waals surface area contributed by atoms with E-state index in [2.05, 4.69) is 15.3 Å². The van der Waals surface area contributed by atoms with Crippen LogP contribution in [0.25, 0.3) is 11.1 Å². The Balaban J connectivity index is 1.78. The minimum Gasteiger partial charge on any atom is -0.429 e. The SMILES string of the molecule is Cc1ncsc1CNC(=O)c1ccc2[nH]c(=S)oc2c1. The number of benzene rings is 1. The van der Waals surface area contributed by atoms with E-state index >= 15 is 0 Å². The average Bonchev–Trinajstić information content (AvgIpc) is 2.99. The van der Waals surface area contributed by atoms with E-state index < -0.39 is 0 Å². The number of carbonyl (C=O) groups excluding carboxylic acids is 1. The maximum atomic E-state index is 12.1. The Bertz CT molecular complexity index is 831. The number of thiazole rings is 1. The average molecular weight is 305 g/mol. The first kappa shape index (κ1) is 13.0. The van der Waals surface area contributed by atoms with Gasteiger partial charge in [-0.25, -0.2) is 4.98 Å². The van der Waals surface area contributed by atoms with Gasteiger partial charge in [0.2, 0.25) is 0 Å². The van der Waals surface area contributed by atoms with E-state index in [9.17, 15) is 4.79 Å². The van der Waals surface area contributed by atoms with Crippen LogP contribution in [-0.4, -0.2) is 15.9 Å². The number of hydrogen-bond acceptors (Lipinski definition) is 5. The lowest BCUT2D eigenvalue weighted by Crippen LogP contribution is -2.22. The largest absolute Gasteiger partial charge is 0.429 e. The zero-order chi connectivity index (χ0) is 14.1. The van der Waals surface area contributed by atoms with Crippen molar-refractivity contribution in [3.05, 3.63) is 44.7 Å². The second-order valence-corrected chi connectivity index (χ2v) is 5.58. The molecule has 0 atom stereocenters. The van der Waals surface area contributed by atoms with Crippen molar-refractivity contribution in [3.63, 3.8) is 0 Å². The van der Waals surface area contributed by atoms with E-state index in [4.69, 9.17) is 16.6 Å². The van der Waals surface area contributed by atoms with Gasteiger partial charge in [0, 0.05) is 10.4 Å². The van der Waals surface area contributed by atoms with Gasteiger partial charge in [-0.05, 0) is 37.3 Å². The minimum absolute atomic E-state index is 0.151. The summed E-state index contributed by atoms with van der Waals surface area (Å²) >= 11 is 6.44. The van der Waals surface area contributed by atoms with Crippen molar-refractivity contribution in [2.45, 2.75) is 13.5 Å². The highest BCUT2D eigenvalue weighted by Crippen LogP contribution is 2.16. The Morgan fingerprint density at radius 1 is 1.55 bits per heavy atom. The van der Waals surface area contributed by atoms with Gasteiger partial charge in [-0.1, -0.05) is 0 Å². The Kier molecular flexibility index (Phi) is 3.37. The summed E-state index contributed by atoms with van der Waals surface area (Å²) in [5.41, 5.74) is 4.62. The summed E-state index contributed by atoms with van der Waals surface area (Å²) in [5.74, 6) is -0.151. The van der Waals surface area contributed by atoms with Crippen molar-refractivity contribution >= 4 is 40.6 Å². The highest BCUT2D eigenvalue weighted by molar-refractivity contribution is 7.71. The smallest absolute Gasteiger partial charge is 0.266 e. The fourth-order valence-corrected chi connectivity index (χ4v) is 2.76. The third-order valence-electron chi connectivity index (χ3n) is 2.94. The molecule has 1 amide bonds. The van der Waals surface area contributed by atoms with Crippen LogP contribution in [0.1, 0.15) is 20.9 Å². The summed E-state index contributed by atoms with van der Waals surface area (Å²) in [5, 5.41) is 2.87. The number of hydrogen-bond donors (Lipinski definition) is 2. The topological polar surface area (TPSA) is 70.9 Å². The Hall–Kier alpha value is -1.99. The quantitative estimate of drug-likeness (QED) is 0.729. The van der Waals surface area contributed by atoms with Crippen molar-refractivity contribution in [3.8, 4) is 0 Å². The molecule has 0 aliphatic heterocycles. The molecule has 2 heterocycles. The van der Waals surface area contributed by atoms with Crippen molar-refractivity contribution in [2.24, 2.45) is 0 Å². The number of rotatable bonds is 3. The van der Waals surface area contributed by atoms with Crippen LogP contribution < -0.4 is 5.32 Å². The maximum absolute atomic E-state index is 12.1. The third-order valence-corrected chi connectivity index (χ3v) is 4.06. The number of fused-ring (bicyclic) bond motifs is 1. The van der Waals surface area contributed by atoms with Gasteiger partial charge in [0.1, 0.15) is 0 Å². The van der Waals surface area contributed by atoms with Gasteiger partial charge in [0.15, 0.2) is 5.58 Å². The van der Waals surface area contributed by atoms with Crippen LogP contribution in [0, 0.1) is 11.8 Å². The number of carbonyl (C=O) groups is 1. The second-order valence-electron chi connectivity index (χ2n) is 4.27. The molecular formula is C13H11N3O2S2. The summed E-state index contributed by atoms with van der Waals surface area (Å²) in [7, 11) is 0. The molecule has 3 aromatic rings. The monoisotopic (exact) mass is 305 g/mol. The number of aromatic amines is 1. The minimum atomic E-state index is -0.151. The Morgan fingerprint density at radius 3 is 3.15 bits per heavy atom. The number of H-pyrrole nitrogens is 1. The summed E-state index contributed by atoms with van der Waals surface area (Å²) in [6.45, 7) is 2.40. The predicted molar refractivity (Wildman–Crippen MR) is 79.4 cm³/mol. The van der Waals surface area contributed by atoms with Gasteiger partial charge in [-0.2, -0.15) is 0 Å². The van der Waals surface area contributed by atoms with Crippen LogP contribution >= 0.6 is 23.6 Å².